The minimum Gasteiger partial charge on any atom is -0.547 e. The van der Waals surface area contributed by atoms with E-state index in [1.54, 1.807) is 0 Å². The number of hydrogen-bond donors (Lipinski definition) is 5. The zero-order chi connectivity index (χ0) is 12.5. The zero-order valence-electron chi connectivity index (χ0n) is 9.13. The Morgan fingerprint density at radius 3 is 2.18 bits per heavy atom. The number of carbonyl (C=O) groups is 1. The molecule has 9 heteroatoms. The molecule has 0 aliphatic carbocycles. The third kappa shape index (κ3) is 3.60. The standard InChI is InChI=1S/C8H14O8.Na/c9-1-2-3(10)4(11)5(12)7(16-2)6(13)8(14)15;/h2-7,9-13H,1H2,(H,14,15);/q;+1/p-1/t2-,3-,4+,5?,6?,7?;/m1./s1. The predicted octanol–water partition coefficient (Wildman–Crippen LogP) is -8.06. The van der Waals surface area contributed by atoms with Gasteiger partial charge in [-0.2, -0.15) is 0 Å². The van der Waals surface area contributed by atoms with Gasteiger partial charge in [0.15, 0.2) is 0 Å². The van der Waals surface area contributed by atoms with E-state index < -0.39 is 49.2 Å². The number of aliphatic carboxylic acids is 1. The Morgan fingerprint density at radius 2 is 1.76 bits per heavy atom. The van der Waals surface area contributed by atoms with Crippen LogP contribution < -0.4 is 34.7 Å². The van der Waals surface area contributed by atoms with Gasteiger partial charge in [0.1, 0.15) is 36.6 Å². The molecule has 0 amide bonds. The van der Waals surface area contributed by atoms with Crippen LogP contribution in [0.3, 0.4) is 0 Å². The quantitative estimate of drug-likeness (QED) is 0.314. The second-order valence-electron chi connectivity index (χ2n) is 3.56. The van der Waals surface area contributed by atoms with E-state index >= 15 is 0 Å². The van der Waals surface area contributed by atoms with E-state index in [-0.39, 0.29) is 29.6 Å². The van der Waals surface area contributed by atoms with Gasteiger partial charge in [-0.3, -0.25) is 0 Å². The van der Waals surface area contributed by atoms with E-state index in [0.717, 1.165) is 0 Å². The summed E-state index contributed by atoms with van der Waals surface area (Å²) in [5, 5.41) is 56.3. The average Bonchev–Trinajstić information content (AvgIpc) is 2.25. The van der Waals surface area contributed by atoms with Crippen molar-refractivity contribution in [2.75, 3.05) is 6.61 Å². The molecule has 1 aliphatic rings. The molecule has 8 nitrogen and oxygen atoms in total. The summed E-state index contributed by atoms with van der Waals surface area (Å²) in [7, 11) is 0. The Labute approximate surface area is 119 Å². The van der Waals surface area contributed by atoms with E-state index in [2.05, 4.69) is 0 Å². The zero-order valence-corrected chi connectivity index (χ0v) is 11.1. The van der Waals surface area contributed by atoms with Crippen molar-refractivity contribution >= 4 is 5.97 Å². The Balaban J connectivity index is 0.00000256. The fourth-order valence-electron chi connectivity index (χ4n) is 1.53. The Kier molecular flexibility index (Phi) is 7.07. The molecule has 0 radical (unpaired) electrons. The monoisotopic (exact) mass is 260 g/mol. The molecular formula is C8H13NaO8. The molecule has 1 fully saturated rings. The van der Waals surface area contributed by atoms with E-state index in [1.807, 2.05) is 0 Å². The van der Waals surface area contributed by atoms with Crippen LogP contribution in [0.2, 0.25) is 0 Å². The van der Waals surface area contributed by atoms with Crippen LogP contribution in [0.1, 0.15) is 0 Å². The summed E-state index contributed by atoms with van der Waals surface area (Å²) in [4.78, 5) is 10.4. The first-order valence-electron chi connectivity index (χ1n) is 4.59. The van der Waals surface area contributed by atoms with Crippen molar-refractivity contribution < 1.29 is 69.7 Å². The average molecular weight is 260 g/mol. The van der Waals surface area contributed by atoms with Crippen LogP contribution >= 0.6 is 0 Å². The summed E-state index contributed by atoms with van der Waals surface area (Å²) in [6, 6.07) is 0. The van der Waals surface area contributed by atoms with Crippen molar-refractivity contribution in [1.82, 2.24) is 0 Å². The summed E-state index contributed by atoms with van der Waals surface area (Å²) >= 11 is 0. The third-order valence-corrected chi connectivity index (χ3v) is 2.48. The Bertz CT molecular complexity index is 260. The van der Waals surface area contributed by atoms with Crippen molar-refractivity contribution in [1.29, 1.82) is 0 Å². The van der Waals surface area contributed by atoms with Gasteiger partial charge in [-0.1, -0.05) is 0 Å². The molecule has 5 N–H and O–H groups in total. The molecule has 0 aromatic carbocycles. The van der Waals surface area contributed by atoms with Crippen LogP contribution in [0, 0.1) is 0 Å². The van der Waals surface area contributed by atoms with Gasteiger partial charge in [0.25, 0.3) is 0 Å². The summed E-state index contributed by atoms with van der Waals surface area (Å²) in [6.07, 6.45) is -10.2. The normalized spacial score (nSPS) is 39.2. The van der Waals surface area contributed by atoms with Gasteiger partial charge in [0.05, 0.1) is 12.6 Å². The van der Waals surface area contributed by atoms with Gasteiger partial charge < -0.3 is 40.2 Å². The number of rotatable bonds is 3. The molecule has 1 saturated heterocycles. The first kappa shape index (κ1) is 17.2. The van der Waals surface area contributed by atoms with Crippen LogP contribution in [0.25, 0.3) is 0 Å². The summed E-state index contributed by atoms with van der Waals surface area (Å²) < 4.78 is 4.77. The van der Waals surface area contributed by atoms with Gasteiger partial charge in [-0.25, -0.2) is 0 Å². The molecule has 94 valence electrons. The summed E-state index contributed by atoms with van der Waals surface area (Å²) in [5.74, 6) is -1.88. The number of carbonyl (C=O) groups excluding carboxylic acids is 1. The minimum absolute atomic E-state index is 0. The third-order valence-electron chi connectivity index (χ3n) is 2.48. The predicted molar refractivity (Wildman–Crippen MR) is 44.8 cm³/mol. The first-order chi connectivity index (χ1) is 7.40. The molecule has 0 saturated carbocycles. The fraction of sp³-hybridized carbons (Fsp3) is 0.875. The van der Waals surface area contributed by atoms with Crippen molar-refractivity contribution in [3.8, 4) is 0 Å². The van der Waals surface area contributed by atoms with Gasteiger partial charge in [0.2, 0.25) is 0 Å². The van der Waals surface area contributed by atoms with E-state index in [9.17, 15) is 25.2 Å². The van der Waals surface area contributed by atoms with Crippen molar-refractivity contribution in [3.63, 3.8) is 0 Å². The summed E-state index contributed by atoms with van der Waals surface area (Å²) in [6.45, 7) is -0.693. The topological polar surface area (TPSA) is 151 Å². The maximum atomic E-state index is 10.4. The molecule has 0 bridgehead atoms. The molecular weight excluding hydrogens is 247 g/mol. The van der Waals surface area contributed by atoms with Gasteiger partial charge in [-0.15, -0.1) is 0 Å². The number of carboxylic acid groups (broad SMARTS) is 1. The van der Waals surface area contributed by atoms with Crippen molar-refractivity contribution in [3.05, 3.63) is 0 Å². The maximum Gasteiger partial charge on any atom is 1.00 e. The second-order valence-corrected chi connectivity index (χ2v) is 3.56. The first-order valence-corrected chi connectivity index (χ1v) is 4.59. The second kappa shape index (κ2) is 6.98. The molecule has 0 spiro atoms. The Hall–Kier alpha value is 0.230. The maximum absolute atomic E-state index is 10.4. The van der Waals surface area contributed by atoms with Crippen LogP contribution in [0.5, 0.6) is 0 Å². The van der Waals surface area contributed by atoms with Crippen molar-refractivity contribution in [2.24, 2.45) is 0 Å². The van der Waals surface area contributed by atoms with Crippen LogP contribution in [0.4, 0.5) is 0 Å². The molecule has 0 aromatic heterocycles. The van der Waals surface area contributed by atoms with Gasteiger partial charge in [-0.05, 0) is 0 Å². The van der Waals surface area contributed by atoms with Crippen LogP contribution in [0.15, 0.2) is 0 Å². The number of ether oxygens (including phenoxy) is 1. The number of carboxylic acids is 1. The molecule has 3 unspecified atom stereocenters. The number of aliphatic hydroxyl groups excluding tert-OH is 5. The number of hydrogen-bond acceptors (Lipinski definition) is 8. The van der Waals surface area contributed by atoms with E-state index in [0.29, 0.717) is 0 Å². The van der Waals surface area contributed by atoms with Crippen LogP contribution in [-0.2, 0) is 9.53 Å². The molecule has 17 heavy (non-hydrogen) atoms. The minimum atomic E-state index is -2.16. The Morgan fingerprint density at radius 1 is 1.24 bits per heavy atom. The smallest absolute Gasteiger partial charge is 0.547 e. The van der Waals surface area contributed by atoms with E-state index in [1.165, 1.54) is 0 Å². The SMILES string of the molecule is O=C([O-])C(O)C1O[C@H](CO)[C@@H](O)[C@H](O)C1O.[Na+]. The molecule has 1 aliphatic heterocycles. The van der Waals surface area contributed by atoms with Gasteiger partial charge >= 0.3 is 29.6 Å². The molecule has 0 aromatic rings. The summed E-state index contributed by atoms with van der Waals surface area (Å²) in [5.41, 5.74) is 0. The molecule has 1 rings (SSSR count). The van der Waals surface area contributed by atoms with Crippen LogP contribution in [-0.4, -0.2) is 74.7 Å². The van der Waals surface area contributed by atoms with E-state index in [4.69, 9.17) is 14.9 Å². The molecule has 1 heterocycles. The molecule has 6 atom stereocenters. The number of aliphatic hydroxyl groups is 5. The largest absolute Gasteiger partial charge is 1.00 e. The van der Waals surface area contributed by atoms with Crippen molar-refractivity contribution in [2.45, 2.75) is 36.6 Å². The van der Waals surface area contributed by atoms with Gasteiger partial charge in [0, 0.05) is 0 Å². The fourth-order valence-corrected chi connectivity index (χ4v) is 1.53.